The van der Waals surface area contributed by atoms with Crippen molar-refractivity contribution in [3.8, 4) is 11.5 Å². The van der Waals surface area contributed by atoms with Gasteiger partial charge in [0.05, 0.1) is 6.61 Å². The highest BCUT2D eigenvalue weighted by atomic mass is 16.5. The summed E-state index contributed by atoms with van der Waals surface area (Å²) in [4.78, 5) is 30.1. The number of benzene rings is 1. The van der Waals surface area contributed by atoms with Crippen LogP contribution in [0.5, 0.6) is 11.5 Å². The largest absolute Gasteiger partial charge is 0.508 e. The van der Waals surface area contributed by atoms with Crippen LogP contribution in [0.2, 0.25) is 0 Å². The first kappa shape index (κ1) is 20.4. The molecule has 154 valence electrons. The lowest BCUT2D eigenvalue weighted by Crippen LogP contribution is -2.42. The molecule has 2 aromatic rings. The number of rotatable bonds is 6. The Hall–Kier alpha value is -3.29. The van der Waals surface area contributed by atoms with Crippen molar-refractivity contribution in [3.05, 3.63) is 53.9 Å². The van der Waals surface area contributed by atoms with Gasteiger partial charge in [0.15, 0.2) is 0 Å². The summed E-state index contributed by atoms with van der Waals surface area (Å²) in [7, 11) is 0. The van der Waals surface area contributed by atoms with E-state index in [0.717, 1.165) is 5.56 Å². The lowest BCUT2D eigenvalue weighted by molar-refractivity contribution is 0.0590. The number of carbonyl (C=O) groups is 2. The summed E-state index contributed by atoms with van der Waals surface area (Å²) in [6, 6.07) is 10.1. The number of amides is 2. The van der Waals surface area contributed by atoms with Crippen LogP contribution in [0, 0.1) is 0 Å². The van der Waals surface area contributed by atoms with E-state index < -0.39 is 6.09 Å². The van der Waals surface area contributed by atoms with Gasteiger partial charge in [-0.25, -0.2) is 4.79 Å². The Morgan fingerprint density at radius 2 is 2.03 bits per heavy atom. The van der Waals surface area contributed by atoms with E-state index in [-0.39, 0.29) is 24.3 Å². The molecule has 1 aliphatic rings. The third-order valence-corrected chi connectivity index (χ3v) is 4.61. The van der Waals surface area contributed by atoms with E-state index in [1.807, 2.05) is 0 Å². The van der Waals surface area contributed by atoms with E-state index >= 15 is 0 Å². The second kappa shape index (κ2) is 9.77. The molecular weight excluding hydrogens is 374 g/mol. The SMILES string of the molecule is CCOC(=O)NCc1ccnc(C(=O)N2CCC(Oc3cccc(O)c3)CC2)c1. The predicted molar refractivity (Wildman–Crippen MR) is 106 cm³/mol. The van der Waals surface area contributed by atoms with Gasteiger partial charge < -0.3 is 24.8 Å². The van der Waals surface area contributed by atoms with Crippen molar-refractivity contribution < 1.29 is 24.2 Å². The zero-order chi connectivity index (χ0) is 20.6. The zero-order valence-electron chi connectivity index (χ0n) is 16.3. The van der Waals surface area contributed by atoms with Gasteiger partial charge in [0.25, 0.3) is 5.91 Å². The van der Waals surface area contributed by atoms with E-state index in [4.69, 9.17) is 9.47 Å². The fourth-order valence-corrected chi connectivity index (χ4v) is 3.15. The van der Waals surface area contributed by atoms with Crippen molar-refractivity contribution in [1.82, 2.24) is 15.2 Å². The molecule has 0 radical (unpaired) electrons. The number of pyridine rings is 1. The number of ether oxygens (including phenoxy) is 2. The van der Waals surface area contributed by atoms with Crippen molar-refractivity contribution in [2.24, 2.45) is 0 Å². The van der Waals surface area contributed by atoms with Gasteiger partial charge in [0.2, 0.25) is 0 Å². The molecule has 0 unspecified atom stereocenters. The first-order chi connectivity index (χ1) is 14.0. The highest BCUT2D eigenvalue weighted by Gasteiger charge is 2.25. The van der Waals surface area contributed by atoms with Crippen LogP contribution >= 0.6 is 0 Å². The third-order valence-electron chi connectivity index (χ3n) is 4.61. The molecule has 1 aromatic carbocycles. The van der Waals surface area contributed by atoms with Gasteiger partial charge in [-0.15, -0.1) is 0 Å². The molecule has 2 N–H and O–H groups in total. The standard InChI is InChI=1S/C21H25N3O5/c1-2-28-21(27)23-14-15-6-9-22-19(12-15)20(26)24-10-7-17(8-11-24)29-18-5-3-4-16(25)13-18/h3-6,9,12-13,17,25H,2,7-8,10-11,14H2,1H3,(H,23,27). The molecule has 8 heteroatoms. The van der Waals surface area contributed by atoms with Gasteiger partial charge >= 0.3 is 6.09 Å². The van der Waals surface area contributed by atoms with Crippen molar-refractivity contribution in [2.45, 2.75) is 32.4 Å². The maximum absolute atomic E-state index is 12.8. The summed E-state index contributed by atoms with van der Waals surface area (Å²) in [5, 5.41) is 12.2. The lowest BCUT2D eigenvalue weighted by atomic mass is 10.1. The van der Waals surface area contributed by atoms with Crippen LogP contribution in [-0.4, -0.2) is 52.8 Å². The number of aromatic nitrogens is 1. The average Bonchev–Trinajstić information content (AvgIpc) is 2.73. The Morgan fingerprint density at radius 3 is 2.76 bits per heavy atom. The number of carbonyl (C=O) groups excluding carboxylic acids is 2. The maximum atomic E-state index is 12.8. The number of hydrogen-bond donors (Lipinski definition) is 2. The van der Waals surface area contributed by atoms with Crippen LogP contribution in [0.25, 0.3) is 0 Å². The van der Waals surface area contributed by atoms with E-state index in [2.05, 4.69) is 10.3 Å². The highest BCUT2D eigenvalue weighted by molar-refractivity contribution is 5.92. The van der Waals surface area contributed by atoms with Crippen LogP contribution in [0.15, 0.2) is 42.6 Å². The van der Waals surface area contributed by atoms with E-state index in [1.54, 1.807) is 54.4 Å². The van der Waals surface area contributed by atoms with Crippen LogP contribution < -0.4 is 10.1 Å². The van der Waals surface area contributed by atoms with Gasteiger partial charge in [-0.3, -0.25) is 9.78 Å². The summed E-state index contributed by atoms with van der Waals surface area (Å²) in [6.07, 6.45) is 2.46. The topological polar surface area (TPSA) is 101 Å². The molecular formula is C21H25N3O5. The molecule has 3 rings (SSSR count). The molecule has 0 bridgehead atoms. The van der Waals surface area contributed by atoms with Gasteiger partial charge in [0.1, 0.15) is 23.3 Å². The molecule has 1 saturated heterocycles. The number of nitrogens with zero attached hydrogens (tertiary/aromatic N) is 2. The zero-order valence-corrected chi connectivity index (χ0v) is 16.3. The second-order valence-corrected chi connectivity index (χ2v) is 6.73. The summed E-state index contributed by atoms with van der Waals surface area (Å²) < 4.78 is 10.7. The maximum Gasteiger partial charge on any atom is 0.407 e. The third kappa shape index (κ3) is 5.84. The smallest absolute Gasteiger partial charge is 0.407 e. The van der Waals surface area contributed by atoms with Crippen molar-refractivity contribution >= 4 is 12.0 Å². The normalized spacial score (nSPS) is 14.3. The predicted octanol–water partition coefficient (Wildman–Crippen LogP) is 2.72. The molecule has 8 nitrogen and oxygen atoms in total. The summed E-state index contributed by atoms with van der Waals surface area (Å²) >= 11 is 0. The minimum Gasteiger partial charge on any atom is -0.508 e. The Morgan fingerprint density at radius 1 is 1.24 bits per heavy atom. The number of phenols is 1. The molecule has 0 aliphatic carbocycles. The second-order valence-electron chi connectivity index (χ2n) is 6.73. The summed E-state index contributed by atoms with van der Waals surface area (Å²) in [6.45, 7) is 3.43. The molecule has 0 saturated carbocycles. The van der Waals surface area contributed by atoms with Crippen LogP contribution in [-0.2, 0) is 11.3 Å². The van der Waals surface area contributed by atoms with Crippen LogP contribution in [0.1, 0.15) is 35.8 Å². The number of piperidine rings is 1. The monoisotopic (exact) mass is 399 g/mol. The Kier molecular flexibility index (Phi) is 6.89. The lowest BCUT2D eigenvalue weighted by Gasteiger charge is -2.32. The molecule has 29 heavy (non-hydrogen) atoms. The van der Waals surface area contributed by atoms with E-state index in [9.17, 15) is 14.7 Å². The van der Waals surface area contributed by atoms with Gasteiger partial charge in [-0.2, -0.15) is 0 Å². The van der Waals surface area contributed by atoms with Crippen molar-refractivity contribution in [1.29, 1.82) is 0 Å². The van der Waals surface area contributed by atoms with E-state index in [0.29, 0.717) is 44.0 Å². The minimum atomic E-state index is -0.494. The van der Waals surface area contributed by atoms with Gasteiger partial charge in [-0.1, -0.05) is 6.07 Å². The van der Waals surface area contributed by atoms with Gasteiger partial charge in [0, 0.05) is 44.7 Å². The van der Waals surface area contributed by atoms with Crippen LogP contribution in [0.4, 0.5) is 4.79 Å². The number of likely N-dealkylation sites (tertiary alicyclic amines) is 1. The molecule has 1 fully saturated rings. The number of alkyl carbamates (subject to hydrolysis) is 1. The van der Waals surface area contributed by atoms with Crippen LogP contribution in [0.3, 0.4) is 0 Å². The molecule has 0 spiro atoms. The first-order valence-corrected chi connectivity index (χ1v) is 9.65. The molecule has 2 amide bonds. The number of hydrogen-bond acceptors (Lipinski definition) is 6. The number of aromatic hydroxyl groups is 1. The summed E-state index contributed by atoms with van der Waals surface area (Å²) in [5.41, 5.74) is 1.12. The Bertz CT molecular complexity index is 850. The molecule has 1 aromatic heterocycles. The highest BCUT2D eigenvalue weighted by Crippen LogP contribution is 2.23. The van der Waals surface area contributed by atoms with Gasteiger partial charge in [-0.05, 0) is 36.8 Å². The Labute approximate surface area is 169 Å². The average molecular weight is 399 g/mol. The number of phenolic OH excluding ortho intramolecular Hbond substituents is 1. The first-order valence-electron chi connectivity index (χ1n) is 9.65. The fourth-order valence-electron chi connectivity index (χ4n) is 3.15. The van der Waals surface area contributed by atoms with E-state index in [1.165, 1.54) is 0 Å². The Balaban J connectivity index is 1.52. The van der Waals surface area contributed by atoms with Crippen molar-refractivity contribution in [3.63, 3.8) is 0 Å². The summed E-state index contributed by atoms with van der Waals surface area (Å²) in [5.74, 6) is 0.649. The molecule has 0 atom stereocenters. The molecule has 2 heterocycles. The minimum absolute atomic E-state index is 0.00563. The van der Waals surface area contributed by atoms with Crippen molar-refractivity contribution in [2.75, 3.05) is 19.7 Å². The fraction of sp³-hybridized carbons (Fsp3) is 0.381. The number of nitrogens with one attached hydrogen (secondary N) is 1. The molecule has 1 aliphatic heterocycles. The quantitative estimate of drug-likeness (QED) is 0.775.